The zero-order valence-electron chi connectivity index (χ0n) is 4.83. The van der Waals surface area contributed by atoms with Crippen LogP contribution >= 0.6 is 0 Å². The number of aliphatic hydroxyl groups is 1. The molecule has 0 aliphatic heterocycles. The van der Waals surface area contributed by atoms with Gasteiger partial charge in [0.15, 0.2) is 0 Å². The van der Waals surface area contributed by atoms with Gasteiger partial charge >= 0.3 is 0 Å². The predicted octanol–water partition coefficient (Wildman–Crippen LogP) is 1.86. The van der Waals surface area contributed by atoms with Crippen LogP contribution in [0.3, 0.4) is 0 Å². The fourth-order valence-electron chi connectivity index (χ4n) is 1.07. The van der Waals surface area contributed by atoms with E-state index >= 15 is 0 Å². The van der Waals surface area contributed by atoms with Gasteiger partial charge in [0, 0.05) is 5.57 Å². The third kappa shape index (κ3) is 0.486. The summed E-state index contributed by atoms with van der Waals surface area (Å²) in [7, 11) is 0. The summed E-state index contributed by atoms with van der Waals surface area (Å²) in [6.45, 7) is 0. The summed E-state index contributed by atoms with van der Waals surface area (Å²) in [6, 6.07) is 0. The highest BCUT2D eigenvalue weighted by Gasteiger charge is 2.12. The van der Waals surface area contributed by atoms with E-state index in [1.807, 2.05) is 24.3 Å². The molecule has 2 aliphatic rings. The quantitative estimate of drug-likeness (QED) is 0.514. The summed E-state index contributed by atoms with van der Waals surface area (Å²) in [6.07, 6.45) is 9.44. The van der Waals surface area contributed by atoms with E-state index in [1.54, 1.807) is 6.08 Å². The van der Waals surface area contributed by atoms with Crippen LogP contribution in [0.25, 0.3) is 0 Å². The van der Waals surface area contributed by atoms with E-state index in [4.69, 9.17) is 5.11 Å². The maximum Gasteiger partial charge on any atom is 0.123 e. The van der Waals surface area contributed by atoms with Crippen LogP contribution in [0.1, 0.15) is 0 Å². The van der Waals surface area contributed by atoms with Crippen molar-refractivity contribution in [3.8, 4) is 0 Å². The van der Waals surface area contributed by atoms with E-state index in [9.17, 15) is 0 Å². The lowest BCUT2D eigenvalue weighted by Gasteiger charge is -1.89. The monoisotopic (exact) mass is 118 g/mol. The molecule has 0 bridgehead atoms. The second-order valence-corrected chi connectivity index (χ2v) is 2.11. The molecule has 1 heteroatoms. The van der Waals surface area contributed by atoms with Crippen LogP contribution < -0.4 is 0 Å². The first-order chi connectivity index (χ1) is 4.38. The van der Waals surface area contributed by atoms with Crippen molar-refractivity contribution in [1.82, 2.24) is 0 Å². The number of aliphatic hydroxyl groups excluding tert-OH is 1. The van der Waals surface area contributed by atoms with Crippen LogP contribution in [0, 0.1) is 0 Å². The Hall–Kier alpha value is -1.24. The molecule has 0 aromatic rings. The Morgan fingerprint density at radius 1 is 1.11 bits per heavy atom. The maximum atomic E-state index is 9.10. The van der Waals surface area contributed by atoms with Crippen molar-refractivity contribution >= 4 is 0 Å². The van der Waals surface area contributed by atoms with E-state index in [0.29, 0.717) is 5.76 Å². The molecule has 0 radical (unpaired) electrons. The number of fused-ring (bicyclic) bond motifs is 1. The van der Waals surface area contributed by atoms with Crippen molar-refractivity contribution in [2.45, 2.75) is 0 Å². The van der Waals surface area contributed by atoms with Crippen LogP contribution in [-0.4, -0.2) is 5.11 Å². The molecule has 0 unspecified atom stereocenters. The molecular weight excluding hydrogens is 112 g/mol. The molecule has 0 atom stereocenters. The standard InChI is InChI=1S/C8H6O/c9-8-5-4-6-2-1-3-7(6)8/h1-5,9H. The van der Waals surface area contributed by atoms with Crippen molar-refractivity contribution in [1.29, 1.82) is 0 Å². The Labute approximate surface area is 53.3 Å². The Kier molecular flexibility index (Phi) is 0.707. The van der Waals surface area contributed by atoms with E-state index in [1.165, 1.54) is 0 Å². The molecule has 0 fully saturated rings. The Morgan fingerprint density at radius 3 is 2.78 bits per heavy atom. The van der Waals surface area contributed by atoms with Gasteiger partial charge in [-0.3, -0.25) is 0 Å². The van der Waals surface area contributed by atoms with E-state index in [-0.39, 0.29) is 0 Å². The van der Waals surface area contributed by atoms with E-state index in [2.05, 4.69) is 0 Å². The highest BCUT2D eigenvalue weighted by atomic mass is 16.3. The van der Waals surface area contributed by atoms with Crippen molar-refractivity contribution in [2.75, 3.05) is 0 Å². The summed E-state index contributed by atoms with van der Waals surface area (Å²) in [5.41, 5.74) is 2.07. The minimum Gasteiger partial charge on any atom is -0.507 e. The molecule has 44 valence electrons. The third-order valence-corrected chi connectivity index (χ3v) is 1.55. The normalized spacial score (nSPS) is 21.1. The summed E-state index contributed by atoms with van der Waals surface area (Å²) in [4.78, 5) is 0. The Morgan fingerprint density at radius 2 is 2.00 bits per heavy atom. The average molecular weight is 118 g/mol. The average Bonchev–Trinajstić information content (AvgIpc) is 2.35. The molecule has 1 N–H and O–H groups in total. The molecule has 0 heterocycles. The zero-order valence-corrected chi connectivity index (χ0v) is 4.83. The minimum absolute atomic E-state index is 0.384. The minimum atomic E-state index is 0.384. The number of hydrogen-bond donors (Lipinski definition) is 1. The summed E-state index contributed by atoms with van der Waals surface area (Å²) >= 11 is 0. The Balaban J connectivity index is 2.62. The molecule has 0 saturated carbocycles. The molecular formula is C8H6O. The van der Waals surface area contributed by atoms with E-state index in [0.717, 1.165) is 11.1 Å². The van der Waals surface area contributed by atoms with Gasteiger partial charge in [0.1, 0.15) is 5.76 Å². The molecule has 0 saturated heterocycles. The lowest BCUT2D eigenvalue weighted by Crippen LogP contribution is -1.75. The summed E-state index contributed by atoms with van der Waals surface area (Å²) in [5.74, 6) is 0.384. The lowest BCUT2D eigenvalue weighted by atomic mass is 10.2. The lowest BCUT2D eigenvalue weighted by molar-refractivity contribution is 0.431. The van der Waals surface area contributed by atoms with Crippen molar-refractivity contribution in [3.63, 3.8) is 0 Å². The third-order valence-electron chi connectivity index (χ3n) is 1.55. The first-order valence-corrected chi connectivity index (χ1v) is 2.88. The van der Waals surface area contributed by atoms with Crippen LogP contribution in [0.2, 0.25) is 0 Å². The largest absolute Gasteiger partial charge is 0.507 e. The van der Waals surface area contributed by atoms with Gasteiger partial charge in [-0.1, -0.05) is 24.3 Å². The second-order valence-electron chi connectivity index (χ2n) is 2.11. The zero-order chi connectivity index (χ0) is 6.27. The molecule has 2 aliphatic carbocycles. The highest BCUT2D eigenvalue weighted by Crippen LogP contribution is 2.27. The van der Waals surface area contributed by atoms with Gasteiger partial charge in [-0.2, -0.15) is 0 Å². The summed E-state index contributed by atoms with van der Waals surface area (Å²) in [5, 5.41) is 9.10. The fourth-order valence-corrected chi connectivity index (χ4v) is 1.07. The van der Waals surface area contributed by atoms with Crippen molar-refractivity contribution < 1.29 is 5.11 Å². The molecule has 1 nitrogen and oxygen atoms in total. The maximum absolute atomic E-state index is 9.10. The molecule has 0 aromatic carbocycles. The van der Waals surface area contributed by atoms with Gasteiger partial charge in [0.05, 0.1) is 0 Å². The van der Waals surface area contributed by atoms with Crippen LogP contribution in [0.5, 0.6) is 0 Å². The first kappa shape index (κ1) is 4.62. The van der Waals surface area contributed by atoms with Gasteiger partial charge < -0.3 is 5.11 Å². The second kappa shape index (κ2) is 1.38. The van der Waals surface area contributed by atoms with E-state index < -0.39 is 0 Å². The van der Waals surface area contributed by atoms with Gasteiger partial charge in [0.2, 0.25) is 0 Å². The molecule has 2 rings (SSSR count). The van der Waals surface area contributed by atoms with Gasteiger partial charge in [-0.15, -0.1) is 0 Å². The van der Waals surface area contributed by atoms with Crippen molar-refractivity contribution in [2.24, 2.45) is 0 Å². The predicted molar refractivity (Wildman–Crippen MR) is 36.0 cm³/mol. The van der Waals surface area contributed by atoms with Gasteiger partial charge in [0.25, 0.3) is 0 Å². The summed E-state index contributed by atoms with van der Waals surface area (Å²) < 4.78 is 0. The number of rotatable bonds is 0. The first-order valence-electron chi connectivity index (χ1n) is 2.88. The molecule has 9 heavy (non-hydrogen) atoms. The highest BCUT2D eigenvalue weighted by molar-refractivity contribution is 5.61. The molecule has 0 aromatic heterocycles. The van der Waals surface area contributed by atoms with Crippen LogP contribution in [0.15, 0.2) is 47.3 Å². The topological polar surface area (TPSA) is 20.2 Å². The van der Waals surface area contributed by atoms with Gasteiger partial charge in [-0.25, -0.2) is 0 Å². The van der Waals surface area contributed by atoms with Crippen LogP contribution in [0.4, 0.5) is 0 Å². The Bertz CT molecular complexity index is 264. The molecule has 0 spiro atoms. The molecule has 0 amide bonds. The van der Waals surface area contributed by atoms with Crippen molar-refractivity contribution in [3.05, 3.63) is 47.3 Å². The fraction of sp³-hybridized carbons (Fsp3) is 0. The van der Waals surface area contributed by atoms with Gasteiger partial charge in [-0.05, 0) is 11.6 Å². The smallest absolute Gasteiger partial charge is 0.123 e. The SMILES string of the molecule is OC1=C2C=CC=C2C=C1. The number of allylic oxidation sites excluding steroid dienone is 7. The van der Waals surface area contributed by atoms with Crippen LogP contribution in [-0.2, 0) is 0 Å². The number of hydrogen-bond acceptors (Lipinski definition) is 1.